The Kier molecular flexibility index (Phi) is 49.5. The van der Waals surface area contributed by atoms with Crippen molar-refractivity contribution in [3.63, 3.8) is 0 Å². The average Bonchev–Trinajstić information content (AvgIpc) is 3.28. The number of guanidine groups is 4. The van der Waals surface area contributed by atoms with E-state index in [-0.39, 0.29) is 23.8 Å². The molecule has 0 saturated carbocycles. The highest BCUT2D eigenvalue weighted by molar-refractivity contribution is 5.92. The third-order valence-electron chi connectivity index (χ3n) is 9.68. The van der Waals surface area contributed by atoms with Crippen LogP contribution in [0.5, 0.6) is 0 Å². The second-order valence-electron chi connectivity index (χ2n) is 17.8. The van der Waals surface area contributed by atoms with Crippen LogP contribution < -0.4 is 28.0 Å². The van der Waals surface area contributed by atoms with E-state index in [9.17, 15) is 14.7 Å². The molecule has 396 valence electrons. The molecule has 0 spiro atoms. The number of carboxylic acid groups (broad SMARTS) is 2. The number of carboxylic acids is 2. The van der Waals surface area contributed by atoms with E-state index in [2.05, 4.69) is 145 Å². The van der Waals surface area contributed by atoms with Crippen molar-refractivity contribution >= 4 is 35.8 Å². The van der Waals surface area contributed by atoms with Crippen LogP contribution in [0.25, 0.3) is 0 Å². The summed E-state index contributed by atoms with van der Waals surface area (Å²) in [5.41, 5.74) is 19.1. The molecule has 14 heteroatoms. The van der Waals surface area contributed by atoms with E-state index >= 15 is 0 Å². The third-order valence-corrected chi connectivity index (χ3v) is 9.68. The average molecular weight is 974 g/mol. The molecule has 70 heavy (non-hydrogen) atoms. The molecule has 0 saturated heterocycles. The summed E-state index contributed by atoms with van der Waals surface area (Å²) in [6.07, 6.45) is 61.6. The molecule has 0 radical (unpaired) electrons. The number of nitrogens with two attached hydrogens (primary N) is 4. The van der Waals surface area contributed by atoms with Crippen LogP contribution in [0.15, 0.2) is 132 Å². The monoisotopic (exact) mass is 974 g/mol. The fraction of sp³-hybridized carbons (Fsp3) is 0.536. The summed E-state index contributed by atoms with van der Waals surface area (Å²) in [6.45, 7) is 11.4. The van der Waals surface area contributed by atoms with Crippen LogP contribution in [0, 0.1) is 21.6 Å². The van der Waals surface area contributed by atoms with Crippen molar-refractivity contribution in [2.45, 2.75) is 157 Å². The summed E-state index contributed by atoms with van der Waals surface area (Å²) < 4.78 is 0. The number of unbranched alkanes of at least 4 members (excludes halogenated alkanes) is 4. The first kappa shape index (κ1) is 70.4. The minimum absolute atomic E-state index is 0.238. The molecule has 0 rings (SSSR count). The fourth-order valence-electron chi connectivity index (χ4n) is 5.05. The van der Waals surface area contributed by atoms with Crippen LogP contribution in [0.3, 0.4) is 0 Å². The molecule has 0 aliphatic rings. The number of nitrogens with one attached hydrogen (secondary N) is 2. The van der Waals surface area contributed by atoms with Crippen LogP contribution in [0.1, 0.15) is 157 Å². The van der Waals surface area contributed by atoms with E-state index < -0.39 is 22.8 Å². The normalized spacial score (nSPS) is 12.8. The van der Waals surface area contributed by atoms with Crippen molar-refractivity contribution in [2.24, 2.45) is 43.7 Å². The number of nitrogens with zero attached hydrogens (tertiary/aromatic N) is 4. The zero-order valence-electron chi connectivity index (χ0n) is 45.0. The predicted octanol–water partition coefficient (Wildman–Crippen LogP) is 11.0. The van der Waals surface area contributed by atoms with Crippen LogP contribution in [-0.4, -0.2) is 78.9 Å². The van der Waals surface area contributed by atoms with Gasteiger partial charge in [-0.2, -0.15) is 9.98 Å². The van der Waals surface area contributed by atoms with Gasteiger partial charge in [-0.15, -0.1) is 0 Å². The van der Waals surface area contributed by atoms with Crippen LogP contribution in [-0.2, 0) is 9.59 Å². The van der Waals surface area contributed by atoms with Gasteiger partial charge in [0.15, 0.2) is 11.9 Å². The molecule has 0 aromatic heterocycles. The molecule has 14 nitrogen and oxygen atoms in total. The van der Waals surface area contributed by atoms with Gasteiger partial charge in [-0.1, -0.05) is 162 Å². The van der Waals surface area contributed by atoms with E-state index in [4.69, 9.17) is 38.9 Å². The molecule has 0 aromatic carbocycles. The van der Waals surface area contributed by atoms with Gasteiger partial charge in [0.1, 0.15) is 0 Å². The lowest BCUT2D eigenvalue weighted by Crippen LogP contribution is -2.37. The van der Waals surface area contributed by atoms with Gasteiger partial charge >= 0.3 is 5.97 Å². The lowest BCUT2D eigenvalue weighted by atomic mass is 9.87. The lowest BCUT2D eigenvalue weighted by molar-refractivity contribution is -0.317. The first-order chi connectivity index (χ1) is 33.1. The Morgan fingerprint density at radius 3 is 0.914 bits per heavy atom. The Morgan fingerprint density at radius 2 is 0.714 bits per heavy atom. The zero-order chi connectivity index (χ0) is 53.9. The van der Waals surface area contributed by atoms with Crippen molar-refractivity contribution in [3.05, 3.63) is 122 Å². The van der Waals surface area contributed by atoms with Crippen molar-refractivity contribution in [2.75, 3.05) is 28.2 Å². The smallest absolute Gasteiger partial charge is 0.309 e. The third kappa shape index (κ3) is 56.1. The second kappa shape index (κ2) is 49.2. The lowest BCUT2D eigenvalue weighted by Gasteiger charge is -2.25. The van der Waals surface area contributed by atoms with Gasteiger partial charge in [-0.3, -0.25) is 15.6 Å². The van der Waals surface area contributed by atoms with Crippen molar-refractivity contribution in [3.8, 4) is 0 Å². The first-order valence-electron chi connectivity index (χ1n) is 24.7. The molecule has 0 heterocycles. The van der Waals surface area contributed by atoms with Crippen molar-refractivity contribution in [1.29, 1.82) is 10.8 Å². The topological polar surface area (TPSA) is 260 Å². The molecule has 0 unspecified atom stereocenters. The number of carbonyl (C=O) groups is 2. The minimum atomic E-state index is -0.952. The van der Waals surface area contributed by atoms with E-state index in [1.807, 2.05) is 0 Å². The number of carbonyl (C=O) groups excluding carboxylic acids is 1. The van der Waals surface area contributed by atoms with Gasteiger partial charge < -0.3 is 47.7 Å². The van der Waals surface area contributed by atoms with Crippen LogP contribution in [0.2, 0.25) is 0 Å². The molecule has 0 fully saturated rings. The van der Waals surface area contributed by atoms with Gasteiger partial charge in [-0.05, 0) is 117 Å². The van der Waals surface area contributed by atoms with E-state index in [0.717, 1.165) is 109 Å². The molecular formula is C56H97N10O4-. The molecule has 0 amide bonds. The van der Waals surface area contributed by atoms with E-state index in [0.29, 0.717) is 6.42 Å². The Bertz CT molecular complexity index is 1610. The summed E-state index contributed by atoms with van der Waals surface area (Å²) in [5, 5.41) is 33.3. The quantitative estimate of drug-likeness (QED) is 0.0155. The zero-order valence-corrected chi connectivity index (χ0v) is 45.0. The minimum Gasteiger partial charge on any atom is -0.550 e. The summed E-state index contributed by atoms with van der Waals surface area (Å²) in [4.78, 5) is 32.0. The van der Waals surface area contributed by atoms with Gasteiger partial charge in [0, 0.05) is 39.6 Å². The Balaban J connectivity index is -0.000000462. The largest absolute Gasteiger partial charge is 0.550 e. The highest BCUT2D eigenvalue weighted by atomic mass is 16.4. The van der Waals surface area contributed by atoms with Gasteiger partial charge in [0.05, 0.1) is 5.41 Å². The summed E-state index contributed by atoms with van der Waals surface area (Å²) in [6, 6.07) is 0. The highest BCUT2D eigenvalue weighted by Crippen LogP contribution is 2.24. The SMILES string of the molecule is CC/C=C\C/C=C\C/C=C\C/C=C\C/C=C\CCCCC(C)(C)C(=O)O.CC/C=C\C/C=C\C/C=C\C/C=C\C/C=C\CCCCC(C)(C)C(=O)[O-].CN(C)C(N)=NC(=N)N.CN(C)C(N)=NC(=N)N. The van der Waals surface area contributed by atoms with Crippen molar-refractivity contribution in [1.82, 2.24) is 9.80 Å². The maximum atomic E-state index is 11.0. The van der Waals surface area contributed by atoms with Crippen molar-refractivity contribution < 1.29 is 19.8 Å². The Hall–Kier alpha value is -6.18. The maximum absolute atomic E-state index is 11.0. The number of allylic oxidation sites excluding steroid dienone is 20. The molecule has 0 aliphatic carbocycles. The summed E-state index contributed by atoms with van der Waals surface area (Å²) in [7, 11) is 6.90. The first-order valence-corrected chi connectivity index (χ1v) is 24.7. The summed E-state index contributed by atoms with van der Waals surface area (Å²) in [5.74, 6) is -1.73. The van der Waals surface area contributed by atoms with Crippen LogP contribution in [0.4, 0.5) is 0 Å². The highest BCUT2D eigenvalue weighted by Gasteiger charge is 2.25. The molecule has 0 atom stereocenters. The second-order valence-corrected chi connectivity index (χ2v) is 17.8. The van der Waals surface area contributed by atoms with Crippen LogP contribution >= 0.6 is 0 Å². The standard InChI is InChI=1S/2C24H38O2.2C4H11N5/c2*1-4-5-6-7-8-9-10-11-12-13-14-15-16-17-18-19-20-21-22-24(2,3)23(25)26;2*1-9(2)4(7)8-3(5)6/h2*5-6,8-9,11-12,14-15,17-18H,4,7,10,13,16,19-22H2,1-3H3,(H,25,26);2*1-2H3,(H5,5,6,7,8)/p-1/b2*6-5-,9-8-,12-11-,15-14-,18-17-;;. The number of aliphatic carboxylic acids is 2. The maximum Gasteiger partial charge on any atom is 0.309 e. The molecule has 0 aromatic rings. The molecule has 0 aliphatic heterocycles. The number of rotatable bonds is 30. The van der Waals surface area contributed by atoms with E-state index in [1.54, 1.807) is 65.7 Å². The van der Waals surface area contributed by atoms with E-state index in [1.165, 1.54) is 0 Å². The number of hydrogen-bond donors (Lipinski definition) is 7. The number of hydrogen-bond acceptors (Lipinski definition) is 5. The molecule has 11 N–H and O–H groups in total. The fourth-order valence-corrected chi connectivity index (χ4v) is 5.05. The molecule has 0 bridgehead atoms. The Morgan fingerprint density at radius 1 is 0.471 bits per heavy atom. The van der Waals surface area contributed by atoms with Gasteiger partial charge in [-0.25, -0.2) is 0 Å². The summed E-state index contributed by atoms with van der Waals surface area (Å²) >= 11 is 0. The van der Waals surface area contributed by atoms with Gasteiger partial charge in [0.25, 0.3) is 0 Å². The molecular weight excluding hydrogens is 877 g/mol. The van der Waals surface area contributed by atoms with Gasteiger partial charge in [0.2, 0.25) is 11.9 Å². The Labute approximate surface area is 425 Å². The predicted molar refractivity (Wildman–Crippen MR) is 301 cm³/mol. The number of aliphatic imine (C=N–C) groups is 2.